The van der Waals surface area contributed by atoms with Gasteiger partial charge in [0.1, 0.15) is 17.0 Å². The van der Waals surface area contributed by atoms with Crippen LogP contribution in [0, 0.1) is 0 Å². The van der Waals surface area contributed by atoms with Crippen molar-refractivity contribution in [3.05, 3.63) is 54.5 Å². The van der Waals surface area contributed by atoms with Crippen molar-refractivity contribution in [1.29, 1.82) is 0 Å². The standard InChI is InChI=1S/C18H15N7/c1-25-10-12(9-20-25)13-5-6-14-16(21-13)17(24-23-14)15-8-11-4-2-3-7-19-18(11)22-15/h2-10,19,22H,1H3,(H,23,24). The van der Waals surface area contributed by atoms with Gasteiger partial charge in [-0.2, -0.15) is 10.2 Å². The van der Waals surface area contributed by atoms with Crippen LogP contribution in [0.3, 0.4) is 0 Å². The number of hydrogen-bond donors (Lipinski definition) is 3. The number of aromatic amines is 2. The van der Waals surface area contributed by atoms with Crippen LogP contribution in [0.4, 0.5) is 5.82 Å². The molecule has 5 rings (SSSR count). The van der Waals surface area contributed by atoms with Crippen molar-refractivity contribution < 1.29 is 0 Å². The quantitative estimate of drug-likeness (QED) is 0.526. The maximum Gasteiger partial charge on any atom is 0.135 e. The van der Waals surface area contributed by atoms with Crippen molar-refractivity contribution in [3.63, 3.8) is 0 Å². The van der Waals surface area contributed by atoms with Crippen molar-refractivity contribution in [3.8, 4) is 22.6 Å². The lowest BCUT2D eigenvalue weighted by Crippen LogP contribution is -1.88. The molecule has 0 radical (unpaired) electrons. The highest BCUT2D eigenvalue weighted by Gasteiger charge is 2.15. The van der Waals surface area contributed by atoms with E-state index in [4.69, 9.17) is 4.98 Å². The first-order valence-electron chi connectivity index (χ1n) is 7.95. The highest BCUT2D eigenvalue weighted by atomic mass is 15.2. The SMILES string of the molecule is Cn1cc(-c2ccc3[nH]nc(-c4cc5c([nH]4)NC=CC=C5)c3n2)cn1. The Hall–Kier alpha value is -3.61. The lowest BCUT2D eigenvalue weighted by atomic mass is 10.2. The van der Waals surface area contributed by atoms with Gasteiger partial charge in [0.05, 0.1) is 23.1 Å². The molecule has 0 aliphatic carbocycles. The van der Waals surface area contributed by atoms with Crippen LogP contribution in [-0.2, 0) is 7.05 Å². The van der Waals surface area contributed by atoms with E-state index in [1.165, 1.54) is 0 Å². The molecular weight excluding hydrogens is 314 g/mol. The van der Waals surface area contributed by atoms with Gasteiger partial charge in [-0.3, -0.25) is 9.78 Å². The second-order valence-corrected chi connectivity index (χ2v) is 5.94. The van der Waals surface area contributed by atoms with Gasteiger partial charge in [-0.05, 0) is 24.3 Å². The molecule has 1 aliphatic rings. The predicted octanol–water partition coefficient (Wildman–Crippen LogP) is 3.31. The summed E-state index contributed by atoms with van der Waals surface area (Å²) in [7, 11) is 1.90. The van der Waals surface area contributed by atoms with Crippen molar-refractivity contribution in [2.24, 2.45) is 7.05 Å². The first-order chi connectivity index (χ1) is 12.3. The minimum Gasteiger partial charge on any atom is -0.348 e. The van der Waals surface area contributed by atoms with Crippen molar-refractivity contribution in [2.45, 2.75) is 0 Å². The Kier molecular flexibility index (Phi) is 2.87. The molecule has 0 spiro atoms. The monoisotopic (exact) mass is 329 g/mol. The number of rotatable bonds is 2. The number of allylic oxidation sites excluding steroid dienone is 2. The van der Waals surface area contributed by atoms with Gasteiger partial charge in [0.25, 0.3) is 0 Å². The molecule has 7 heteroatoms. The molecule has 0 amide bonds. The second kappa shape index (κ2) is 5.20. The summed E-state index contributed by atoms with van der Waals surface area (Å²) in [5.74, 6) is 0.944. The topological polar surface area (TPSA) is 87.2 Å². The number of pyridine rings is 1. The predicted molar refractivity (Wildman–Crippen MR) is 97.7 cm³/mol. The second-order valence-electron chi connectivity index (χ2n) is 5.94. The molecule has 3 N–H and O–H groups in total. The third-order valence-electron chi connectivity index (χ3n) is 4.22. The summed E-state index contributed by atoms with van der Waals surface area (Å²) in [5.41, 5.74) is 6.38. The van der Waals surface area contributed by atoms with Crippen LogP contribution in [0.5, 0.6) is 0 Å². The van der Waals surface area contributed by atoms with Crippen molar-refractivity contribution in [2.75, 3.05) is 5.32 Å². The Labute approximate surface area is 143 Å². The van der Waals surface area contributed by atoms with Gasteiger partial charge in [-0.15, -0.1) is 0 Å². The van der Waals surface area contributed by atoms with Gasteiger partial charge in [-0.25, -0.2) is 4.98 Å². The van der Waals surface area contributed by atoms with Crippen LogP contribution in [-0.4, -0.2) is 29.9 Å². The Morgan fingerprint density at radius 1 is 1.16 bits per heavy atom. The lowest BCUT2D eigenvalue weighted by Gasteiger charge is -1.99. The summed E-state index contributed by atoms with van der Waals surface area (Å²) in [5, 5.41) is 15.0. The molecule has 0 unspecified atom stereocenters. The molecule has 0 aromatic carbocycles. The van der Waals surface area contributed by atoms with Crippen LogP contribution in [0.15, 0.2) is 48.9 Å². The first kappa shape index (κ1) is 13.8. The van der Waals surface area contributed by atoms with E-state index < -0.39 is 0 Å². The van der Waals surface area contributed by atoms with Gasteiger partial charge in [0, 0.05) is 30.6 Å². The van der Waals surface area contributed by atoms with Crippen LogP contribution in [0.2, 0.25) is 0 Å². The fourth-order valence-corrected chi connectivity index (χ4v) is 3.00. The molecule has 7 nitrogen and oxygen atoms in total. The Bertz CT molecular complexity index is 1140. The van der Waals surface area contributed by atoms with E-state index >= 15 is 0 Å². The summed E-state index contributed by atoms with van der Waals surface area (Å²) in [6.45, 7) is 0. The average molecular weight is 329 g/mol. The summed E-state index contributed by atoms with van der Waals surface area (Å²) < 4.78 is 1.77. The highest BCUT2D eigenvalue weighted by molar-refractivity contribution is 5.91. The molecule has 0 atom stereocenters. The van der Waals surface area contributed by atoms with Crippen LogP contribution in [0.25, 0.3) is 39.8 Å². The molecule has 1 aliphatic heterocycles. The van der Waals surface area contributed by atoms with E-state index in [1.54, 1.807) is 4.68 Å². The number of H-pyrrole nitrogens is 2. The number of nitrogens with one attached hydrogen (secondary N) is 3. The fraction of sp³-hybridized carbons (Fsp3) is 0.0556. The maximum atomic E-state index is 4.80. The van der Waals surface area contributed by atoms with Crippen molar-refractivity contribution in [1.82, 2.24) is 29.9 Å². The number of nitrogens with zero attached hydrogens (tertiary/aromatic N) is 4. The summed E-state index contributed by atoms with van der Waals surface area (Å²) >= 11 is 0. The third kappa shape index (κ3) is 2.25. The van der Waals surface area contributed by atoms with E-state index in [9.17, 15) is 0 Å². The van der Waals surface area contributed by atoms with Crippen LogP contribution < -0.4 is 5.32 Å². The zero-order valence-electron chi connectivity index (χ0n) is 13.5. The molecule has 25 heavy (non-hydrogen) atoms. The third-order valence-corrected chi connectivity index (χ3v) is 4.22. The highest BCUT2D eigenvalue weighted by Crippen LogP contribution is 2.31. The van der Waals surface area contributed by atoms with Crippen molar-refractivity contribution >= 4 is 22.9 Å². The van der Waals surface area contributed by atoms with E-state index in [2.05, 4.69) is 37.7 Å². The van der Waals surface area contributed by atoms with E-state index in [0.717, 1.165) is 45.1 Å². The fourth-order valence-electron chi connectivity index (χ4n) is 3.00. The van der Waals surface area contributed by atoms with Crippen LogP contribution in [0.1, 0.15) is 5.56 Å². The minimum absolute atomic E-state index is 0.799. The maximum absolute atomic E-state index is 4.80. The average Bonchev–Trinajstić information content (AvgIpc) is 3.30. The molecule has 0 saturated carbocycles. The number of aryl methyl sites for hydroxylation is 1. The normalized spacial score (nSPS) is 13.0. The Morgan fingerprint density at radius 2 is 2.12 bits per heavy atom. The molecule has 122 valence electrons. The molecule has 0 saturated heterocycles. The smallest absolute Gasteiger partial charge is 0.135 e. The van der Waals surface area contributed by atoms with Gasteiger partial charge >= 0.3 is 0 Å². The molecular formula is C18H15N7. The molecule has 0 fully saturated rings. The summed E-state index contributed by atoms with van der Waals surface area (Å²) in [6, 6.07) is 6.04. The number of anilines is 1. The molecule has 5 heterocycles. The number of fused-ring (bicyclic) bond motifs is 2. The largest absolute Gasteiger partial charge is 0.348 e. The summed E-state index contributed by atoms with van der Waals surface area (Å²) in [6.07, 6.45) is 11.7. The van der Waals surface area contributed by atoms with Gasteiger partial charge < -0.3 is 10.3 Å². The number of hydrogen-bond acceptors (Lipinski definition) is 4. The molecule has 0 bridgehead atoms. The van der Waals surface area contributed by atoms with E-state index in [-0.39, 0.29) is 0 Å². The van der Waals surface area contributed by atoms with Gasteiger partial charge in [-0.1, -0.05) is 12.2 Å². The number of aromatic nitrogens is 6. The van der Waals surface area contributed by atoms with Gasteiger partial charge in [0.2, 0.25) is 0 Å². The summed E-state index contributed by atoms with van der Waals surface area (Å²) in [4.78, 5) is 8.18. The first-order valence-corrected chi connectivity index (χ1v) is 7.95. The Morgan fingerprint density at radius 3 is 3.00 bits per heavy atom. The van der Waals surface area contributed by atoms with Gasteiger partial charge in [0.15, 0.2) is 0 Å². The van der Waals surface area contributed by atoms with Crippen LogP contribution >= 0.6 is 0 Å². The molecule has 4 aromatic heterocycles. The molecule has 4 aromatic rings. The Balaban J connectivity index is 1.64. The minimum atomic E-state index is 0.799. The van der Waals surface area contributed by atoms with E-state index in [1.807, 2.05) is 49.9 Å². The lowest BCUT2D eigenvalue weighted by molar-refractivity contribution is 0.768. The van der Waals surface area contributed by atoms with E-state index in [0.29, 0.717) is 0 Å². The zero-order chi connectivity index (χ0) is 16.8. The zero-order valence-corrected chi connectivity index (χ0v) is 13.5.